The highest BCUT2D eigenvalue weighted by molar-refractivity contribution is 8.03. The number of nitriles is 1. The summed E-state index contributed by atoms with van der Waals surface area (Å²) in [4.78, 5) is 0. The maximum atomic E-state index is 8.24. The quantitative estimate of drug-likeness (QED) is 0.567. The summed E-state index contributed by atoms with van der Waals surface area (Å²) < 4.78 is 0. The molecule has 0 fully saturated rings. The third-order valence-corrected chi connectivity index (χ3v) is 2.54. The van der Waals surface area contributed by atoms with Crippen LogP contribution in [0, 0.1) is 16.1 Å². The minimum Gasteiger partial charge on any atom is -0.185 e. The summed E-state index contributed by atoms with van der Waals surface area (Å²) in [7, 11) is 0. The lowest BCUT2D eigenvalue weighted by Crippen LogP contribution is -2.11. The largest absolute Gasteiger partial charge is 0.185 e. The van der Waals surface area contributed by atoms with Gasteiger partial charge >= 0.3 is 0 Å². The van der Waals surface area contributed by atoms with E-state index in [0.29, 0.717) is 5.41 Å². The Hall–Kier alpha value is -0.160. The zero-order chi connectivity index (χ0) is 7.33. The molecule has 0 unspecified atom stereocenters. The number of thioether (sulfide) groups is 1. The highest BCUT2D eigenvalue weighted by atomic mass is 32.2. The molecule has 0 aliphatic heterocycles. The van der Waals surface area contributed by atoms with E-state index < -0.39 is 0 Å². The van der Waals surface area contributed by atoms with Crippen LogP contribution in [0.25, 0.3) is 0 Å². The fraction of sp³-hybridized carbons (Fsp3) is 0.857. The minimum atomic E-state index is 0.334. The monoisotopic (exact) mass is 143 g/mol. The number of rotatable bonds is 3. The van der Waals surface area contributed by atoms with E-state index in [1.54, 1.807) is 0 Å². The van der Waals surface area contributed by atoms with E-state index in [1.165, 1.54) is 11.8 Å². The number of thiocyanates is 1. The summed E-state index contributed by atoms with van der Waals surface area (Å²) >= 11 is 1.35. The van der Waals surface area contributed by atoms with Crippen molar-refractivity contribution in [3.8, 4) is 5.40 Å². The second-order valence-corrected chi connectivity index (χ2v) is 3.66. The fourth-order valence-corrected chi connectivity index (χ4v) is 0.989. The van der Waals surface area contributed by atoms with Crippen molar-refractivity contribution < 1.29 is 0 Å². The second-order valence-electron chi connectivity index (χ2n) is 2.90. The van der Waals surface area contributed by atoms with Gasteiger partial charge in [0, 0.05) is 5.75 Å². The van der Waals surface area contributed by atoms with E-state index in [2.05, 4.69) is 26.2 Å². The third kappa shape index (κ3) is 4.35. The lowest BCUT2D eigenvalue weighted by atomic mass is 9.93. The molecule has 0 heterocycles. The molecule has 2 heteroatoms. The Morgan fingerprint density at radius 1 is 1.56 bits per heavy atom. The van der Waals surface area contributed by atoms with Crippen LogP contribution in [0.15, 0.2) is 0 Å². The highest BCUT2D eigenvalue weighted by Crippen LogP contribution is 2.24. The van der Waals surface area contributed by atoms with Crippen LogP contribution in [-0.4, -0.2) is 5.75 Å². The van der Waals surface area contributed by atoms with E-state index in [1.807, 2.05) is 0 Å². The molecule has 0 aliphatic rings. The molecule has 0 spiro atoms. The molecule has 0 saturated carbocycles. The Morgan fingerprint density at radius 3 is 2.44 bits per heavy atom. The normalized spacial score (nSPS) is 10.9. The first-order valence-electron chi connectivity index (χ1n) is 3.13. The van der Waals surface area contributed by atoms with Crippen LogP contribution in [-0.2, 0) is 0 Å². The predicted molar refractivity (Wildman–Crippen MR) is 42.1 cm³/mol. The zero-order valence-electron chi connectivity index (χ0n) is 6.27. The Balaban J connectivity index is 3.48. The van der Waals surface area contributed by atoms with Crippen LogP contribution < -0.4 is 0 Å². The van der Waals surface area contributed by atoms with Gasteiger partial charge in [-0.15, -0.1) is 0 Å². The highest BCUT2D eigenvalue weighted by Gasteiger charge is 2.13. The first kappa shape index (κ1) is 8.84. The van der Waals surface area contributed by atoms with Gasteiger partial charge in [-0.2, -0.15) is 5.26 Å². The molecule has 9 heavy (non-hydrogen) atoms. The molecule has 0 atom stereocenters. The van der Waals surface area contributed by atoms with Gasteiger partial charge in [0.1, 0.15) is 5.40 Å². The average molecular weight is 143 g/mol. The molecule has 0 saturated heterocycles. The van der Waals surface area contributed by atoms with E-state index >= 15 is 0 Å². The van der Waals surface area contributed by atoms with Crippen molar-refractivity contribution in [2.24, 2.45) is 5.41 Å². The first-order chi connectivity index (χ1) is 4.12. The average Bonchev–Trinajstić information content (AvgIpc) is 1.84. The van der Waals surface area contributed by atoms with Crippen molar-refractivity contribution in [2.75, 3.05) is 5.75 Å². The Morgan fingerprint density at radius 2 is 2.11 bits per heavy atom. The standard InChI is InChI=1S/C7H13NS/c1-4-7(2,3)5-9-6-8/h4-5H2,1-3H3. The summed E-state index contributed by atoms with van der Waals surface area (Å²) in [5, 5.41) is 10.3. The van der Waals surface area contributed by atoms with E-state index in [4.69, 9.17) is 5.26 Å². The molecule has 0 bridgehead atoms. The third-order valence-electron chi connectivity index (χ3n) is 1.48. The van der Waals surface area contributed by atoms with E-state index in [9.17, 15) is 0 Å². The number of hydrogen-bond acceptors (Lipinski definition) is 2. The van der Waals surface area contributed by atoms with Gasteiger partial charge in [-0.05, 0) is 17.2 Å². The van der Waals surface area contributed by atoms with E-state index in [0.717, 1.165) is 12.2 Å². The SMILES string of the molecule is CCC(C)(C)CSC#N. The van der Waals surface area contributed by atoms with Gasteiger partial charge in [-0.1, -0.05) is 27.2 Å². The smallest absolute Gasteiger partial charge is 0.133 e. The predicted octanol–water partition coefficient (Wildman–Crippen LogP) is 2.64. The molecule has 0 N–H and O–H groups in total. The summed E-state index contributed by atoms with van der Waals surface area (Å²) in [5.74, 6) is 0.944. The first-order valence-corrected chi connectivity index (χ1v) is 4.12. The summed E-state index contributed by atoms with van der Waals surface area (Å²) in [6, 6.07) is 0. The molecular weight excluding hydrogens is 130 g/mol. The van der Waals surface area contributed by atoms with Crippen LogP contribution in [0.5, 0.6) is 0 Å². The molecule has 0 aromatic carbocycles. The lowest BCUT2D eigenvalue weighted by Gasteiger charge is -2.19. The van der Waals surface area contributed by atoms with Crippen LogP contribution >= 0.6 is 11.8 Å². The van der Waals surface area contributed by atoms with Crippen molar-refractivity contribution >= 4 is 11.8 Å². The molecule has 0 amide bonds. The van der Waals surface area contributed by atoms with Crippen molar-refractivity contribution in [3.63, 3.8) is 0 Å². The van der Waals surface area contributed by atoms with Crippen molar-refractivity contribution in [1.82, 2.24) is 0 Å². The van der Waals surface area contributed by atoms with Gasteiger partial charge in [-0.25, -0.2) is 0 Å². The maximum absolute atomic E-state index is 8.24. The van der Waals surface area contributed by atoms with Crippen molar-refractivity contribution in [3.05, 3.63) is 0 Å². The van der Waals surface area contributed by atoms with Gasteiger partial charge in [0.25, 0.3) is 0 Å². The van der Waals surface area contributed by atoms with Crippen LogP contribution in [0.3, 0.4) is 0 Å². The lowest BCUT2D eigenvalue weighted by molar-refractivity contribution is 0.408. The Kier molecular flexibility index (Phi) is 3.72. The molecule has 52 valence electrons. The Labute approximate surface area is 61.4 Å². The van der Waals surface area contributed by atoms with Crippen LogP contribution in [0.2, 0.25) is 0 Å². The molecule has 1 nitrogen and oxygen atoms in total. The van der Waals surface area contributed by atoms with Crippen LogP contribution in [0.4, 0.5) is 0 Å². The van der Waals surface area contributed by atoms with Gasteiger partial charge < -0.3 is 0 Å². The topological polar surface area (TPSA) is 23.8 Å². The van der Waals surface area contributed by atoms with Gasteiger partial charge in [0.05, 0.1) is 0 Å². The van der Waals surface area contributed by atoms with Gasteiger partial charge in [0.2, 0.25) is 0 Å². The zero-order valence-corrected chi connectivity index (χ0v) is 7.09. The van der Waals surface area contributed by atoms with Gasteiger partial charge in [0.15, 0.2) is 0 Å². The van der Waals surface area contributed by atoms with Crippen molar-refractivity contribution in [2.45, 2.75) is 27.2 Å². The summed E-state index contributed by atoms with van der Waals surface area (Å²) in [6.45, 7) is 6.51. The maximum Gasteiger partial charge on any atom is 0.133 e. The summed E-state index contributed by atoms with van der Waals surface area (Å²) in [6.07, 6.45) is 1.14. The molecule has 0 radical (unpaired) electrons. The minimum absolute atomic E-state index is 0.334. The molecule has 0 aromatic rings. The number of nitrogens with zero attached hydrogens (tertiary/aromatic N) is 1. The molecule has 0 rings (SSSR count). The van der Waals surface area contributed by atoms with Crippen LogP contribution in [0.1, 0.15) is 27.2 Å². The molecule has 0 aliphatic carbocycles. The second kappa shape index (κ2) is 3.79. The fourth-order valence-electron chi connectivity index (χ4n) is 0.330. The van der Waals surface area contributed by atoms with E-state index in [-0.39, 0.29) is 0 Å². The molecular formula is C7H13NS. The van der Waals surface area contributed by atoms with Gasteiger partial charge in [-0.3, -0.25) is 0 Å². The van der Waals surface area contributed by atoms with Crippen molar-refractivity contribution in [1.29, 1.82) is 5.26 Å². The molecule has 0 aromatic heterocycles. The number of hydrogen-bond donors (Lipinski definition) is 0. The Bertz CT molecular complexity index is 113. The summed E-state index contributed by atoms with van der Waals surface area (Å²) in [5.41, 5.74) is 0.334.